The van der Waals surface area contributed by atoms with Gasteiger partial charge in [-0.05, 0) is 46.5 Å². The fourth-order valence-electron chi connectivity index (χ4n) is 2.51. The van der Waals surface area contributed by atoms with E-state index < -0.39 is 11.7 Å². The Morgan fingerprint density at radius 2 is 1.95 bits per heavy atom. The van der Waals surface area contributed by atoms with Crippen molar-refractivity contribution in [1.82, 2.24) is 15.3 Å². The molecule has 0 aliphatic heterocycles. The van der Waals surface area contributed by atoms with Gasteiger partial charge in [-0.25, -0.2) is 14.8 Å². The van der Waals surface area contributed by atoms with E-state index >= 15 is 0 Å². The van der Waals surface area contributed by atoms with E-state index in [4.69, 9.17) is 4.74 Å². The zero-order valence-electron chi connectivity index (χ0n) is 13.7. The molecule has 2 N–H and O–H groups in total. The lowest BCUT2D eigenvalue weighted by Gasteiger charge is -2.19. The van der Waals surface area contributed by atoms with Crippen LogP contribution in [0.25, 0.3) is 0 Å². The molecule has 0 unspecified atom stereocenters. The molecule has 1 aromatic heterocycles. The number of hydrogen-bond donors (Lipinski definition) is 2. The molecule has 0 spiro atoms. The maximum atomic E-state index is 11.6. The summed E-state index contributed by atoms with van der Waals surface area (Å²) in [5.74, 6) is 0.901. The van der Waals surface area contributed by atoms with Gasteiger partial charge in [0.05, 0.1) is 0 Å². The second kappa shape index (κ2) is 7.42. The van der Waals surface area contributed by atoms with E-state index in [0.29, 0.717) is 13.1 Å². The third-order valence-electron chi connectivity index (χ3n) is 3.46. The molecule has 0 bridgehead atoms. The molecule has 0 saturated carbocycles. The average Bonchev–Trinajstić information content (AvgIpc) is 2.67. The number of anilines is 1. The van der Waals surface area contributed by atoms with E-state index in [9.17, 15) is 4.79 Å². The molecule has 1 aromatic rings. The Balaban J connectivity index is 1.81. The molecule has 1 heterocycles. The highest BCUT2D eigenvalue weighted by molar-refractivity contribution is 5.67. The molecule has 0 atom stereocenters. The van der Waals surface area contributed by atoms with Gasteiger partial charge in [0.1, 0.15) is 17.7 Å². The predicted molar refractivity (Wildman–Crippen MR) is 86.0 cm³/mol. The second-order valence-electron chi connectivity index (χ2n) is 6.56. The Kier molecular flexibility index (Phi) is 5.57. The summed E-state index contributed by atoms with van der Waals surface area (Å²) in [6.45, 7) is 6.65. The smallest absolute Gasteiger partial charge is 0.407 e. The summed E-state index contributed by atoms with van der Waals surface area (Å²) in [6.07, 6.45) is 6.91. The molecular weight excluding hydrogens is 280 g/mol. The van der Waals surface area contributed by atoms with Crippen molar-refractivity contribution in [3.8, 4) is 0 Å². The topological polar surface area (TPSA) is 76.1 Å². The van der Waals surface area contributed by atoms with Crippen LogP contribution in [0.3, 0.4) is 0 Å². The van der Waals surface area contributed by atoms with Crippen LogP contribution in [0.1, 0.15) is 51.3 Å². The van der Waals surface area contributed by atoms with Gasteiger partial charge in [0, 0.05) is 24.3 Å². The fraction of sp³-hybridized carbons (Fsp3) is 0.688. The van der Waals surface area contributed by atoms with Crippen LogP contribution in [0.5, 0.6) is 0 Å². The Morgan fingerprint density at radius 3 is 2.73 bits per heavy atom. The van der Waals surface area contributed by atoms with Crippen molar-refractivity contribution in [3.63, 3.8) is 0 Å². The normalized spacial score (nSPS) is 14.7. The third-order valence-corrected chi connectivity index (χ3v) is 3.46. The van der Waals surface area contributed by atoms with Crippen molar-refractivity contribution < 1.29 is 9.53 Å². The van der Waals surface area contributed by atoms with Crippen molar-refractivity contribution in [2.45, 2.75) is 58.5 Å². The second-order valence-corrected chi connectivity index (χ2v) is 6.56. The molecule has 122 valence electrons. The molecule has 0 radical (unpaired) electrons. The van der Waals surface area contributed by atoms with E-state index in [1.807, 2.05) is 20.8 Å². The van der Waals surface area contributed by atoms with Crippen LogP contribution in [0.2, 0.25) is 0 Å². The zero-order chi connectivity index (χ0) is 16.0. The van der Waals surface area contributed by atoms with Crippen molar-refractivity contribution >= 4 is 11.9 Å². The Bertz CT molecular complexity index is 511. The number of nitrogens with one attached hydrogen (secondary N) is 2. The average molecular weight is 306 g/mol. The molecule has 0 saturated heterocycles. The molecule has 6 heteroatoms. The molecule has 1 aliphatic rings. The van der Waals surface area contributed by atoms with Gasteiger partial charge in [-0.3, -0.25) is 0 Å². The van der Waals surface area contributed by atoms with Crippen LogP contribution < -0.4 is 10.6 Å². The number of hydrogen-bond acceptors (Lipinski definition) is 5. The van der Waals surface area contributed by atoms with Crippen LogP contribution in [-0.2, 0) is 17.6 Å². The molecule has 1 aliphatic carbocycles. The Hall–Kier alpha value is -1.85. The quantitative estimate of drug-likeness (QED) is 0.660. The van der Waals surface area contributed by atoms with Crippen molar-refractivity contribution in [1.29, 1.82) is 0 Å². The van der Waals surface area contributed by atoms with Crippen molar-refractivity contribution in [3.05, 3.63) is 17.6 Å². The third kappa shape index (κ3) is 5.16. The first-order chi connectivity index (χ1) is 10.5. The van der Waals surface area contributed by atoms with E-state index in [-0.39, 0.29) is 0 Å². The van der Waals surface area contributed by atoms with Crippen LogP contribution in [0.15, 0.2) is 6.33 Å². The first-order valence-electron chi connectivity index (χ1n) is 7.99. The summed E-state index contributed by atoms with van der Waals surface area (Å²) >= 11 is 0. The van der Waals surface area contributed by atoms with Crippen LogP contribution in [0, 0.1) is 0 Å². The molecule has 2 rings (SSSR count). The van der Waals surface area contributed by atoms with Gasteiger partial charge in [-0.1, -0.05) is 6.42 Å². The lowest BCUT2D eigenvalue weighted by molar-refractivity contribution is 0.0530. The number of aromatic nitrogens is 2. The van der Waals surface area contributed by atoms with Crippen LogP contribution in [-0.4, -0.2) is 34.8 Å². The SMILES string of the molecule is CC(C)(C)OC(=O)NCCNc1ncnc2c1CCCCC2. The monoisotopic (exact) mass is 306 g/mol. The van der Waals surface area contributed by atoms with Crippen molar-refractivity contribution in [2.75, 3.05) is 18.4 Å². The van der Waals surface area contributed by atoms with Gasteiger partial charge >= 0.3 is 6.09 Å². The van der Waals surface area contributed by atoms with Crippen LogP contribution >= 0.6 is 0 Å². The summed E-state index contributed by atoms with van der Waals surface area (Å²) < 4.78 is 5.19. The molecular formula is C16H26N4O2. The van der Waals surface area contributed by atoms with Crippen molar-refractivity contribution in [2.24, 2.45) is 0 Å². The van der Waals surface area contributed by atoms with Crippen LogP contribution in [0.4, 0.5) is 10.6 Å². The van der Waals surface area contributed by atoms with E-state index in [0.717, 1.165) is 24.4 Å². The lowest BCUT2D eigenvalue weighted by Crippen LogP contribution is -2.35. The predicted octanol–water partition coefficient (Wildman–Crippen LogP) is 2.68. The maximum absolute atomic E-state index is 11.6. The number of aryl methyl sites for hydroxylation is 1. The van der Waals surface area contributed by atoms with E-state index in [2.05, 4.69) is 20.6 Å². The number of alkyl carbamates (subject to hydrolysis) is 1. The minimum Gasteiger partial charge on any atom is -0.444 e. The fourth-order valence-corrected chi connectivity index (χ4v) is 2.51. The molecule has 1 amide bonds. The van der Waals surface area contributed by atoms with E-state index in [1.165, 1.54) is 24.8 Å². The summed E-state index contributed by atoms with van der Waals surface area (Å²) in [6, 6.07) is 0. The highest BCUT2D eigenvalue weighted by Crippen LogP contribution is 2.23. The number of ether oxygens (including phenoxy) is 1. The number of carbonyl (C=O) groups excluding carboxylic acids is 1. The number of nitrogens with zero attached hydrogens (tertiary/aromatic N) is 2. The maximum Gasteiger partial charge on any atom is 0.407 e. The number of fused-ring (bicyclic) bond motifs is 1. The summed E-state index contributed by atoms with van der Waals surface area (Å²) in [4.78, 5) is 20.3. The highest BCUT2D eigenvalue weighted by Gasteiger charge is 2.16. The van der Waals surface area contributed by atoms with Gasteiger partial charge in [-0.2, -0.15) is 0 Å². The van der Waals surface area contributed by atoms with Gasteiger partial charge in [0.2, 0.25) is 0 Å². The Labute approximate surface area is 132 Å². The largest absolute Gasteiger partial charge is 0.444 e. The van der Waals surface area contributed by atoms with Gasteiger partial charge in [0.25, 0.3) is 0 Å². The minimum absolute atomic E-state index is 0.393. The number of rotatable bonds is 4. The molecule has 0 fully saturated rings. The standard InChI is InChI=1S/C16H26N4O2/c1-16(2,3)22-15(21)18-10-9-17-14-12-7-5-4-6-8-13(12)19-11-20-14/h11H,4-10H2,1-3H3,(H,18,21)(H,17,19,20). The molecule has 22 heavy (non-hydrogen) atoms. The lowest BCUT2D eigenvalue weighted by atomic mass is 10.1. The number of amides is 1. The molecule has 6 nitrogen and oxygen atoms in total. The number of carbonyl (C=O) groups is 1. The Morgan fingerprint density at radius 1 is 1.18 bits per heavy atom. The zero-order valence-corrected chi connectivity index (χ0v) is 13.7. The molecule has 0 aromatic carbocycles. The first-order valence-corrected chi connectivity index (χ1v) is 7.99. The van der Waals surface area contributed by atoms with Gasteiger partial charge in [-0.15, -0.1) is 0 Å². The highest BCUT2D eigenvalue weighted by atomic mass is 16.6. The van der Waals surface area contributed by atoms with Gasteiger partial charge < -0.3 is 15.4 Å². The first kappa shape index (κ1) is 16.5. The van der Waals surface area contributed by atoms with Gasteiger partial charge in [0.15, 0.2) is 0 Å². The van der Waals surface area contributed by atoms with E-state index in [1.54, 1.807) is 6.33 Å². The summed E-state index contributed by atoms with van der Waals surface area (Å²) in [7, 11) is 0. The summed E-state index contributed by atoms with van der Waals surface area (Å²) in [5.41, 5.74) is 1.92. The summed E-state index contributed by atoms with van der Waals surface area (Å²) in [5, 5.41) is 6.03. The minimum atomic E-state index is -0.471.